The van der Waals surface area contributed by atoms with Crippen LogP contribution in [0.3, 0.4) is 0 Å². The maximum atomic E-state index is 12.0. The van der Waals surface area contributed by atoms with Crippen molar-refractivity contribution < 1.29 is 17.9 Å². The van der Waals surface area contributed by atoms with Crippen molar-refractivity contribution in [2.24, 2.45) is 0 Å². The van der Waals surface area contributed by atoms with Crippen LogP contribution in [0.15, 0.2) is 53.4 Å². The normalized spacial score (nSPS) is 10.8. The third-order valence-electron chi connectivity index (χ3n) is 2.68. The number of halogens is 1. The van der Waals surface area contributed by atoms with Gasteiger partial charge in [-0.25, -0.2) is 17.9 Å². The highest BCUT2D eigenvalue weighted by molar-refractivity contribution is 7.90. The molecular formula is C14H13ClN2O4S. The van der Waals surface area contributed by atoms with Crippen LogP contribution in [0.5, 0.6) is 5.75 Å². The Kier molecular flexibility index (Phi) is 4.89. The first kappa shape index (κ1) is 16.1. The summed E-state index contributed by atoms with van der Waals surface area (Å²) in [5, 5.41) is 2.82. The van der Waals surface area contributed by atoms with Crippen molar-refractivity contribution in [2.75, 3.05) is 12.4 Å². The molecule has 0 aliphatic carbocycles. The molecule has 22 heavy (non-hydrogen) atoms. The van der Waals surface area contributed by atoms with Gasteiger partial charge in [0.15, 0.2) is 0 Å². The van der Waals surface area contributed by atoms with Crippen LogP contribution in [0, 0.1) is 0 Å². The van der Waals surface area contributed by atoms with E-state index < -0.39 is 16.1 Å². The van der Waals surface area contributed by atoms with E-state index in [0.717, 1.165) is 0 Å². The van der Waals surface area contributed by atoms with Gasteiger partial charge < -0.3 is 10.1 Å². The average Bonchev–Trinajstić information content (AvgIpc) is 2.47. The first-order valence-corrected chi connectivity index (χ1v) is 8.00. The second-order valence-corrected chi connectivity index (χ2v) is 6.36. The van der Waals surface area contributed by atoms with Gasteiger partial charge in [-0.15, -0.1) is 0 Å². The predicted molar refractivity (Wildman–Crippen MR) is 83.8 cm³/mol. The highest BCUT2D eigenvalue weighted by Gasteiger charge is 2.17. The molecule has 2 N–H and O–H groups in total. The number of hydrogen-bond donors (Lipinski definition) is 2. The smallest absolute Gasteiger partial charge is 0.333 e. The van der Waals surface area contributed by atoms with Gasteiger partial charge in [-0.05, 0) is 36.4 Å². The number of benzene rings is 2. The number of ether oxygens (including phenoxy) is 1. The number of anilines is 1. The Hall–Kier alpha value is -2.25. The largest absolute Gasteiger partial charge is 0.497 e. The van der Waals surface area contributed by atoms with Gasteiger partial charge >= 0.3 is 6.03 Å². The molecule has 0 spiro atoms. The van der Waals surface area contributed by atoms with E-state index in [1.165, 1.54) is 31.4 Å². The Bertz CT molecular complexity index is 776. The molecule has 0 aromatic heterocycles. The Morgan fingerprint density at radius 3 is 2.45 bits per heavy atom. The average molecular weight is 341 g/mol. The molecule has 0 aliphatic rings. The van der Waals surface area contributed by atoms with Crippen molar-refractivity contribution in [3.8, 4) is 5.75 Å². The lowest BCUT2D eigenvalue weighted by molar-refractivity contribution is 0.256. The summed E-state index contributed by atoms with van der Waals surface area (Å²) in [6.45, 7) is 0. The molecule has 0 bridgehead atoms. The molecule has 0 saturated heterocycles. The quantitative estimate of drug-likeness (QED) is 0.896. The summed E-state index contributed by atoms with van der Waals surface area (Å²) in [5.74, 6) is 0.540. The molecule has 0 saturated carbocycles. The van der Waals surface area contributed by atoms with Crippen molar-refractivity contribution in [3.05, 3.63) is 53.6 Å². The summed E-state index contributed by atoms with van der Waals surface area (Å²) in [6, 6.07) is 11.1. The minimum atomic E-state index is -3.96. The summed E-state index contributed by atoms with van der Waals surface area (Å²) in [5.41, 5.74) is 0.406. The molecular weight excluding hydrogens is 328 g/mol. The standard InChI is InChI=1S/C14H13ClN2O4S/c1-21-12-4-2-3-11(9-12)16-14(18)17-22(19,20)13-7-5-10(15)6-8-13/h2-9H,1H3,(H2,16,17,18). The van der Waals surface area contributed by atoms with Crippen LogP contribution >= 0.6 is 11.6 Å². The number of hydrogen-bond acceptors (Lipinski definition) is 4. The van der Waals surface area contributed by atoms with Crippen LogP contribution in [0.1, 0.15) is 0 Å². The van der Waals surface area contributed by atoms with Gasteiger partial charge in [0.05, 0.1) is 12.0 Å². The van der Waals surface area contributed by atoms with Crippen molar-refractivity contribution >= 4 is 33.3 Å². The zero-order valence-electron chi connectivity index (χ0n) is 11.5. The Labute approximate surface area is 133 Å². The van der Waals surface area contributed by atoms with Crippen LogP contribution in [0.4, 0.5) is 10.5 Å². The van der Waals surface area contributed by atoms with E-state index in [4.69, 9.17) is 16.3 Å². The zero-order chi connectivity index (χ0) is 16.2. The van der Waals surface area contributed by atoms with Crippen molar-refractivity contribution in [3.63, 3.8) is 0 Å². The van der Waals surface area contributed by atoms with Crippen molar-refractivity contribution in [2.45, 2.75) is 4.90 Å². The minimum absolute atomic E-state index is 0.0577. The number of carbonyl (C=O) groups excluding carboxylic acids is 1. The number of carbonyl (C=O) groups is 1. The number of methoxy groups -OCH3 is 1. The van der Waals surface area contributed by atoms with E-state index in [1.807, 2.05) is 4.72 Å². The molecule has 2 amide bonds. The number of nitrogens with one attached hydrogen (secondary N) is 2. The topological polar surface area (TPSA) is 84.5 Å². The first-order valence-electron chi connectivity index (χ1n) is 6.14. The van der Waals surface area contributed by atoms with Gasteiger partial charge in [0.2, 0.25) is 0 Å². The molecule has 0 atom stereocenters. The molecule has 0 fully saturated rings. The number of rotatable bonds is 4. The lowest BCUT2D eigenvalue weighted by atomic mass is 10.3. The number of sulfonamides is 1. The number of urea groups is 1. The van der Waals surface area contributed by atoms with Crippen LogP contribution in [0.25, 0.3) is 0 Å². The Morgan fingerprint density at radius 2 is 1.82 bits per heavy atom. The van der Waals surface area contributed by atoms with Gasteiger partial charge in [-0.1, -0.05) is 17.7 Å². The van der Waals surface area contributed by atoms with Crippen molar-refractivity contribution in [1.82, 2.24) is 4.72 Å². The molecule has 2 aromatic carbocycles. The summed E-state index contributed by atoms with van der Waals surface area (Å²) >= 11 is 5.70. The molecule has 2 aromatic rings. The van der Waals surface area contributed by atoms with Crippen molar-refractivity contribution in [1.29, 1.82) is 0 Å². The fraction of sp³-hybridized carbons (Fsp3) is 0.0714. The third-order valence-corrected chi connectivity index (χ3v) is 4.28. The van der Waals surface area contributed by atoms with Gasteiger partial charge in [-0.2, -0.15) is 0 Å². The molecule has 8 heteroatoms. The Balaban J connectivity index is 2.09. The third kappa shape index (κ3) is 4.12. The maximum absolute atomic E-state index is 12.0. The fourth-order valence-electron chi connectivity index (χ4n) is 1.65. The molecule has 6 nitrogen and oxygen atoms in total. The van der Waals surface area contributed by atoms with E-state index in [-0.39, 0.29) is 4.90 Å². The highest BCUT2D eigenvalue weighted by Crippen LogP contribution is 2.17. The van der Waals surface area contributed by atoms with Gasteiger partial charge in [0, 0.05) is 16.8 Å². The molecule has 116 valence electrons. The summed E-state index contributed by atoms with van der Waals surface area (Å²) < 4.78 is 31.0. The summed E-state index contributed by atoms with van der Waals surface area (Å²) in [7, 11) is -2.47. The van der Waals surface area contributed by atoms with Crippen LogP contribution < -0.4 is 14.8 Å². The van der Waals surface area contributed by atoms with Crippen LogP contribution in [-0.2, 0) is 10.0 Å². The Morgan fingerprint density at radius 1 is 1.14 bits per heavy atom. The zero-order valence-corrected chi connectivity index (χ0v) is 13.1. The molecule has 0 heterocycles. The van der Waals surface area contributed by atoms with E-state index in [1.54, 1.807) is 24.3 Å². The van der Waals surface area contributed by atoms with Gasteiger partial charge in [-0.3, -0.25) is 0 Å². The van der Waals surface area contributed by atoms with Crippen LogP contribution in [-0.4, -0.2) is 21.6 Å². The lowest BCUT2D eigenvalue weighted by Crippen LogP contribution is -2.34. The van der Waals surface area contributed by atoms with E-state index in [9.17, 15) is 13.2 Å². The SMILES string of the molecule is COc1cccc(NC(=O)NS(=O)(=O)c2ccc(Cl)cc2)c1. The maximum Gasteiger partial charge on any atom is 0.333 e. The van der Waals surface area contributed by atoms with Gasteiger partial charge in [0.1, 0.15) is 5.75 Å². The first-order chi connectivity index (χ1) is 10.4. The number of amides is 2. The van der Waals surface area contributed by atoms with E-state index in [0.29, 0.717) is 16.5 Å². The molecule has 0 aliphatic heterocycles. The minimum Gasteiger partial charge on any atom is -0.497 e. The fourth-order valence-corrected chi connectivity index (χ4v) is 2.69. The lowest BCUT2D eigenvalue weighted by Gasteiger charge is -2.09. The summed E-state index contributed by atoms with van der Waals surface area (Å²) in [6.07, 6.45) is 0. The molecule has 0 radical (unpaired) electrons. The monoisotopic (exact) mass is 340 g/mol. The van der Waals surface area contributed by atoms with Gasteiger partial charge in [0.25, 0.3) is 10.0 Å². The predicted octanol–water partition coefficient (Wildman–Crippen LogP) is 2.86. The second kappa shape index (κ2) is 6.67. The second-order valence-electron chi connectivity index (χ2n) is 4.25. The van der Waals surface area contributed by atoms with E-state index in [2.05, 4.69) is 5.32 Å². The van der Waals surface area contributed by atoms with E-state index >= 15 is 0 Å². The molecule has 2 rings (SSSR count). The molecule has 0 unspecified atom stereocenters. The highest BCUT2D eigenvalue weighted by atomic mass is 35.5. The summed E-state index contributed by atoms with van der Waals surface area (Å²) in [4.78, 5) is 11.7. The van der Waals surface area contributed by atoms with Crippen LogP contribution in [0.2, 0.25) is 5.02 Å².